The Bertz CT molecular complexity index is 683. The lowest BCUT2D eigenvalue weighted by Crippen LogP contribution is -2.58. The van der Waals surface area contributed by atoms with E-state index >= 15 is 0 Å². The lowest BCUT2D eigenvalue weighted by Gasteiger charge is -2.36. The van der Waals surface area contributed by atoms with Crippen molar-refractivity contribution in [1.82, 2.24) is 9.80 Å². The van der Waals surface area contributed by atoms with Crippen LogP contribution in [0, 0.1) is 0 Å². The Morgan fingerprint density at radius 3 is 2.14 bits per heavy atom. The molecule has 2 fully saturated rings. The molecular formula is C17H28N6O5. The highest BCUT2D eigenvalue weighted by molar-refractivity contribution is 5.97. The van der Waals surface area contributed by atoms with E-state index in [0.29, 0.717) is 25.8 Å². The van der Waals surface area contributed by atoms with Gasteiger partial charge in [0.05, 0.1) is 6.04 Å². The number of hydrogen-bond donors (Lipinski definition) is 4. The van der Waals surface area contributed by atoms with E-state index in [1.807, 2.05) is 0 Å². The van der Waals surface area contributed by atoms with Crippen LogP contribution in [-0.4, -0.2) is 70.0 Å². The van der Waals surface area contributed by atoms with Gasteiger partial charge in [0.15, 0.2) is 0 Å². The molecular weight excluding hydrogens is 368 g/mol. The van der Waals surface area contributed by atoms with Crippen molar-refractivity contribution in [3.05, 3.63) is 0 Å². The minimum atomic E-state index is -1.07. The predicted octanol–water partition coefficient (Wildman–Crippen LogP) is -2.71. The Labute approximate surface area is 162 Å². The standard InChI is InChI=1S/C17H28N6O5/c18-10(2-4-12(19)24)15(27)23-8-1-6-17(23)7-9-22(16(17)28)11(14(21)26)3-5-13(20)25/h10-11H,1-9,18H2,(H2,19,24)(H2,20,25)(H2,21,26)/t10-,11-,17?/m0/s1. The lowest BCUT2D eigenvalue weighted by atomic mass is 9.93. The number of carbonyl (C=O) groups excluding carboxylic acids is 5. The number of rotatable bonds is 9. The third-order valence-corrected chi connectivity index (χ3v) is 5.57. The molecule has 156 valence electrons. The minimum absolute atomic E-state index is 0.0231. The quantitative estimate of drug-likeness (QED) is 0.327. The molecule has 28 heavy (non-hydrogen) atoms. The summed E-state index contributed by atoms with van der Waals surface area (Å²) in [7, 11) is 0. The average Bonchev–Trinajstić information content (AvgIpc) is 3.18. The fraction of sp³-hybridized carbons (Fsp3) is 0.706. The molecule has 0 saturated carbocycles. The molecule has 2 aliphatic rings. The van der Waals surface area contributed by atoms with E-state index in [2.05, 4.69) is 0 Å². The van der Waals surface area contributed by atoms with E-state index in [4.69, 9.17) is 22.9 Å². The van der Waals surface area contributed by atoms with Gasteiger partial charge in [0.2, 0.25) is 29.5 Å². The minimum Gasteiger partial charge on any atom is -0.370 e. The van der Waals surface area contributed by atoms with Crippen molar-refractivity contribution >= 4 is 29.5 Å². The van der Waals surface area contributed by atoms with Crippen LogP contribution in [-0.2, 0) is 24.0 Å². The summed E-state index contributed by atoms with van der Waals surface area (Å²) in [4.78, 5) is 62.7. The van der Waals surface area contributed by atoms with E-state index in [-0.39, 0.29) is 38.1 Å². The van der Waals surface area contributed by atoms with Crippen molar-refractivity contribution in [1.29, 1.82) is 0 Å². The Kier molecular flexibility index (Phi) is 6.60. The molecule has 0 bridgehead atoms. The zero-order valence-electron chi connectivity index (χ0n) is 15.8. The van der Waals surface area contributed by atoms with Crippen LogP contribution in [0.2, 0.25) is 0 Å². The SMILES string of the molecule is NC(=O)CC[C@H](N)C(=O)N1CCCC12CCN([C@@H](CCC(N)=O)C(N)=O)C2=O. The second-order valence-corrected chi connectivity index (χ2v) is 7.41. The van der Waals surface area contributed by atoms with Crippen LogP contribution < -0.4 is 22.9 Å². The van der Waals surface area contributed by atoms with E-state index in [9.17, 15) is 24.0 Å². The van der Waals surface area contributed by atoms with E-state index in [1.54, 1.807) is 0 Å². The summed E-state index contributed by atoms with van der Waals surface area (Å²) in [5, 5.41) is 0. The van der Waals surface area contributed by atoms with Gasteiger partial charge in [-0.15, -0.1) is 0 Å². The van der Waals surface area contributed by atoms with Crippen molar-refractivity contribution in [3.8, 4) is 0 Å². The smallest absolute Gasteiger partial charge is 0.249 e. The molecule has 2 rings (SSSR count). The summed E-state index contributed by atoms with van der Waals surface area (Å²) in [6.07, 6.45) is 1.46. The zero-order chi connectivity index (χ0) is 21.1. The first kappa shape index (κ1) is 21.6. The van der Waals surface area contributed by atoms with Crippen molar-refractivity contribution in [2.45, 2.75) is 62.6 Å². The van der Waals surface area contributed by atoms with Gasteiger partial charge in [0.1, 0.15) is 11.6 Å². The van der Waals surface area contributed by atoms with Gasteiger partial charge in [0, 0.05) is 25.9 Å². The van der Waals surface area contributed by atoms with Gasteiger partial charge < -0.3 is 32.7 Å². The molecule has 2 saturated heterocycles. The topological polar surface area (TPSA) is 196 Å². The number of nitrogens with zero attached hydrogens (tertiary/aromatic N) is 2. The van der Waals surface area contributed by atoms with Gasteiger partial charge in [-0.1, -0.05) is 0 Å². The summed E-state index contributed by atoms with van der Waals surface area (Å²) in [5.74, 6) is -2.65. The first-order valence-electron chi connectivity index (χ1n) is 9.34. The third-order valence-electron chi connectivity index (χ3n) is 5.57. The fourth-order valence-electron chi connectivity index (χ4n) is 4.11. The van der Waals surface area contributed by atoms with E-state index < -0.39 is 41.3 Å². The van der Waals surface area contributed by atoms with Gasteiger partial charge in [-0.2, -0.15) is 0 Å². The molecule has 2 aliphatic heterocycles. The van der Waals surface area contributed by atoms with Gasteiger partial charge in [-0.25, -0.2) is 0 Å². The summed E-state index contributed by atoms with van der Waals surface area (Å²) >= 11 is 0. The Morgan fingerprint density at radius 2 is 1.57 bits per heavy atom. The summed E-state index contributed by atoms with van der Waals surface area (Å²) < 4.78 is 0. The molecule has 11 nitrogen and oxygen atoms in total. The molecule has 1 spiro atoms. The van der Waals surface area contributed by atoms with Crippen LogP contribution in [0.25, 0.3) is 0 Å². The van der Waals surface area contributed by atoms with Crippen LogP contribution in [0.15, 0.2) is 0 Å². The Morgan fingerprint density at radius 1 is 0.964 bits per heavy atom. The number of primary amides is 3. The van der Waals surface area contributed by atoms with Gasteiger partial charge in [-0.3, -0.25) is 24.0 Å². The first-order valence-corrected chi connectivity index (χ1v) is 9.34. The molecule has 0 radical (unpaired) electrons. The van der Waals surface area contributed by atoms with Crippen molar-refractivity contribution in [3.63, 3.8) is 0 Å². The molecule has 5 amide bonds. The Hall–Kier alpha value is -2.69. The van der Waals surface area contributed by atoms with Crippen LogP contribution >= 0.6 is 0 Å². The zero-order valence-corrected chi connectivity index (χ0v) is 15.8. The second kappa shape index (κ2) is 8.55. The maximum Gasteiger partial charge on any atom is 0.249 e. The average molecular weight is 396 g/mol. The highest BCUT2D eigenvalue weighted by Crippen LogP contribution is 2.40. The summed E-state index contributed by atoms with van der Waals surface area (Å²) in [6.45, 7) is 0.608. The van der Waals surface area contributed by atoms with Crippen LogP contribution in [0.5, 0.6) is 0 Å². The van der Waals surface area contributed by atoms with E-state index in [1.165, 1.54) is 9.80 Å². The fourth-order valence-corrected chi connectivity index (χ4v) is 4.11. The molecule has 0 aromatic rings. The number of nitrogens with two attached hydrogens (primary N) is 4. The maximum absolute atomic E-state index is 13.2. The third kappa shape index (κ3) is 4.24. The summed E-state index contributed by atoms with van der Waals surface area (Å²) in [5.41, 5.74) is 20.5. The molecule has 2 heterocycles. The van der Waals surface area contributed by atoms with Crippen LogP contribution in [0.3, 0.4) is 0 Å². The first-order chi connectivity index (χ1) is 13.1. The number of carbonyl (C=O) groups is 5. The van der Waals surface area contributed by atoms with Crippen LogP contribution in [0.1, 0.15) is 44.9 Å². The number of hydrogen-bond acceptors (Lipinski definition) is 6. The largest absolute Gasteiger partial charge is 0.370 e. The molecule has 1 unspecified atom stereocenters. The predicted molar refractivity (Wildman–Crippen MR) is 97.8 cm³/mol. The van der Waals surface area contributed by atoms with Crippen molar-refractivity contribution in [2.75, 3.05) is 13.1 Å². The van der Waals surface area contributed by atoms with Gasteiger partial charge >= 0.3 is 0 Å². The molecule has 0 aliphatic carbocycles. The Balaban J connectivity index is 2.17. The van der Waals surface area contributed by atoms with Gasteiger partial charge in [-0.05, 0) is 32.1 Å². The van der Waals surface area contributed by atoms with Crippen molar-refractivity contribution in [2.24, 2.45) is 22.9 Å². The van der Waals surface area contributed by atoms with Crippen LogP contribution in [0.4, 0.5) is 0 Å². The highest BCUT2D eigenvalue weighted by atomic mass is 16.2. The van der Waals surface area contributed by atoms with Gasteiger partial charge in [0.25, 0.3) is 0 Å². The molecule has 8 N–H and O–H groups in total. The highest BCUT2D eigenvalue weighted by Gasteiger charge is 2.56. The number of likely N-dealkylation sites (tertiary alicyclic amines) is 2. The number of amides is 5. The second-order valence-electron chi connectivity index (χ2n) is 7.41. The van der Waals surface area contributed by atoms with E-state index in [0.717, 1.165) is 0 Å². The monoisotopic (exact) mass is 396 g/mol. The molecule has 3 atom stereocenters. The normalized spacial score (nSPS) is 23.8. The molecule has 0 aromatic heterocycles. The maximum atomic E-state index is 13.2. The van der Waals surface area contributed by atoms with Crippen molar-refractivity contribution < 1.29 is 24.0 Å². The molecule has 11 heteroatoms. The lowest BCUT2D eigenvalue weighted by molar-refractivity contribution is -0.149. The molecule has 0 aromatic carbocycles. The summed E-state index contributed by atoms with van der Waals surface area (Å²) in [6, 6.07) is -1.90.